The van der Waals surface area contributed by atoms with E-state index in [1.165, 1.54) is 32.1 Å². The van der Waals surface area contributed by atoms with Crippen LogP contribution in [0.15, 0.2) is 35.1 Å². The fourth-order valence-corrected chi connectivity index (χ4v) is 5.24. The summed E-state index contributed by atoms with van der Waals surface area (Å²) in [5.74, 6) is -0.148. The fraction of sp³-hybridized carbons (Fsp3) is 0.500. The predicted molar refractivity (Wildman–Crippen MR) is 132 cm³/mol. The number of pyridine rings is 1. The maximum absolute atomic E-state index is 11.2. The number of carboxylic acid groups (broad SMARTS) is 1. The summed E-state index contributed by atoms with van der Waals surface area (Å²) in [4.78, 5) is 15.6. The van der Waals surface area contributed by atoms with Gasteiger partial charge in [-0.3, -0.25) is 9.78 Å². The zero-order valence-corrected chi connectivity index (χ0v) is 20.8. The SMILES string of the molecule is CCc1ccc2c(-c3cncc(Br)c3)c(CCCC(=O)O)c(COCC3CCCCC3)nn12. The average Bonchev–Trinajstić information content (AvgIpc) is 3.22. The molecular formula is C26H32BrN3O3. The first kappa shape index (κ1) is 23.9. The van der Waals surface area contributed by atoms with Gasteiger partial charge in [0.15, 0.2) is 0 Å². The summed E-state index contributed by atoms with van der Waals surface area (Å²) in [5.41, 5.74) is 6.18. The minimum Gasteiger partial charge on any atom is -0.481 e. The van der Waals surface area contributed by atoms with Crippen LogP contribution in [-0.4, -0.2) is 32.3 Å². The van der Waals surface area contributed by atoms with Gasteiger partial charge in [0.05, 0.1) is 17.8 Å². The molecule has 1 aliphatic rings. The Balaban J connectivity index is 1.74. The van der Waals surface area contributed by atoms with E-state index in [0.29, 0.717) is 25.4 Å². The van der Waals surface area contributed by atoms with Crippen LogP contribution in [0.1, 0.15) is 68.8 Å². The molecule has 0 bridgehead atoms. The van der Waals surface area contributed by atoms with E-state index in [1.807, 2.05) is 10.7 Å². The highest BCUT2D eigenvalue weighted by Gasteiger charge is 2.20. The Hall–Kier alpha value is -2.25. The molecule has 0 atom stereocenters. The maximum atomic E-state index is 11.2. The predicted octanol–water partition coefficient (Wildman–Crippen LogP) is 6.23. The molecule has 0 amide bonds. The molecule has 176 valence electrons. The molecule has 0 radical (unpaired) electrons. The number of ether oxygens (including phenoxy) is 1. The van der Waals surface area contributed by atoms with Crippen molar-refractivity contribution in [2.45, 2.75) is 71.3 Å². The molecule has 3 aromatic heterocycles. The number of carboxylic acids is 1. The number of fused-ring (bicyclic) bond motifs is 1. The van der Waals surface area contributed by atoms with Gasteiger partial charge in [0.1, 0.15) is 0 Å². The van der Waals surface area contributed by atoms with Crippen molar-refractivity contribution >= 4 is 27.4 Å². The van der Waals surface area contributed by atoms with E-state index in [-0.39, 0.29) is 6.42 Å². The second-order valence-corrected chi connectivity index (χ2v) is 9.85. The van der Waals surface area contributed by atoms with Crippen molar-refractivity contribution in [1.82, 2.24) is 14.6 Å². The minimum absolute atomic E-state index is 0.130. The van der Waals surface area contributed by atoms with Crippen LogP contribution in [0, 0.1) is 5.92 Å². The topological polar surface area (TPSA) is 76.7 Å². The molecule has 0 aliphatic heterocycles. The molecule has 7 heteroatoms. The Morgan fingerprint density at radius 2 is 2.06 bits per heavy atom. The van der Waals surface area contributed by atoms with Gasteiger partial charge in [-0.25, -0.2) is 4.52 Å². The van der Waals surface area contributed by atoms with Crippen molar-refractivity contribution in [1.29, 1.82) is 0 Å². The first-order valence-corrected chi connectivity index (χ1v) is 12.8. The number of rotatable bonds is 10. The van der Waals surface area contributed by atoms with E-state index in [2.05, 4.69) is 46.0 Å². The summed E-state index contributed by atoms with van der Waals surface area (Å²) >= 11 is 3.56. The molecule has 0 spiro atoms. The van der Waals surface area contributed by atoms with E-state index in [9.17, 15) is 9.90 Å². The zero-order valence-electron chi connectivity index (χ0n) is 19.2. The Kier molecular flexibility index (Phi) is 8.15. The maximum Gasteiger partial charge on any atom is 0.303 e. The summed E-state index contributed by atoms with van der Waals surface area (Å²) in [6.45, 7) is 3.32. The molecule has 1 N–H and O–H groups in total. The normalized spacial score (nSPS) is 14.7. The number of nitrogens with zero attached hydrogens (tertiary/aromatic N) is 3. The van der Waals surface area contributed by atoms with Crippen molar-refractivity contribution < 1.29 is 14.6 Å². The first-order chi connectivity index (χ1) is 16.1. The van der Waals surface area contributed by atoms with Crippen LogP contribution in [0.2, 0.25) is 0 Å². The monoisotopic (exact) mass is 513 g/mol. The highest BCUT2D eigenvalue weighted by atomic mass is 79.9. The number of hydrogen-bond acceptors (Lipinski definition) is 4. The van der Waals surface area contributed by atoms with E-state index >= 15 is 0 Å². The van der Waals surface area contributed by atoms with Crippen LogP contribution in [0.5, 0.6) is 0 Å². The van der Waals surface area contributed by atoms with Crippen LogP contribution < -0.4 is 0 Å². The van der Waals surface area contributed by atoms with Crippen LogP contribution in [0.3, 0.4) is 0 Å². The van der Waals surface area contributed by atoms with Crippen molar-refractivity contribution in [3.63, 3.8) is 0 Å². The molecule has 3 aromatic rings. The summed E-state index contributed by atoms with van der Waals surface area (Å²) in [6, 6.07) is 6.29. The van der Waals surface area contributed by atoms with Crippen molar-refractivity contribution in [3.8, 4) is 11.1 Å². The van der Waals surface area contributed by atoms with Crippen molar-refractivity contribution in [2.24, 2.45) is 5.92 Å². The van der Waals surface area contributed by atoms with E-state index in [4.69, 9.17) is 9.84 Å². The second-order valence-electron chi connectivity index (χ2n) is 8.93. The van der Waals surface area contributed by atoms with Crippen LogP contribution >= 0.6 is 15.9 Å². The number of carbonyl (C=O) groups is 1. The molecule has 4 rings (SSSR count). The average molecular weight is 514 g/mol. The third-order valence-electron chi connectivity index (χ3n) is 6.55. The van der Waals surface area contributed by atoms with Gasteiger partial charge >= 0.3 is 5.97 Å². The summed E-state index contributed by atoms with van der Waals surface area (Å²) in [6.07, 6.45) is 12.2. The lowest BCUT2D eigenvalue weighted by Gasteiger charge is -2.22. The number of hydrogen-bond donors (Lipinski definition) is 1. The molecule has 0 unspecified atom stereocenters. The molecule has 6 nitrogen and oxygen atoms in total. The highest BCUT2D eigenvalue weighted by molar-refractivity contribution is 9.10. The molecule has 3 heterocycles. The minimum atomic E-state index is -0.777. The standard InChI is InChI=1S/C26H32BrN3O3/c1-2-21-11-12-24-26(19-13-20(27)15-28-14-19)22(9-6-10-25(31)32)23(29-30(21)24)17-33-16-18-7-4-3-5-8-18/h11-15,18H,2-10,16-17H2,1H3,(H,31,32). The first-order valence-electron chi connectivity index (χ1n) is 12.0. The Labute approximate surface area is 203 Å². The van der Waals surface area contributed by atoms with Gasteiger partial charge in [0.25, 0.3) is 0 Å². The lowest BCUT2D eigenvalue weighted by molar-refractivity contribution is -0.137. The van der Waals surface area contributed by atoms with Gasteiger partial charge < -0.3 is 9.84 Å². The number of aliphatic carboxylic acids is 1. The van der Waals surface area contributed by atoms with Gasteiger partial charge in [-0.1, -0.05) is 26.2 Å². The summed E-state index contributed by atoms with van der Waals surface area (Å²) in [7, 11) is 0. The number of halogens is 1. The Morgan fingerprint density at radius 1 is 1.24 bits per heavy atom. The second kappa shape index (κ2) is 11.3. The van der Waals surface area contributed by atoms with Gasteiger partial charge in [-0.2, -0.15) is 5.10 Å². The summed E-state index contributed by atoms with van der Waals surface area (Å²) < 4.78 is 9.15. The van der Waals surface area contributed by atoms with Crippen LogP contribution in [-0.2, 0) is 29.0 Å². The molecular weight excluding hydrogens is 482 g/mol. The molecule has 0 aromatic carbocycles. The van der Waals surface area contributed by atoms with Gasteiger partial charge in [-0.05, 0) is 77.7 Å². The van der Waals surface area contributed by atoms with Gasteiger partial charge in [0, 0.05) is 46.7 Å². The Morgan fingerprint density at radius 3 is 2.79 bits per heavy atom. The summed E-state index contributed by atoms with van der Waals surface area (Å²) in [5, 5.41) is 14.2. The molecule has 0 saturated heterocycles. The Bertz CT molecular complexity index is 1110. The molecule has 1 saturated carbocycles. The van der Waals surface area contributed by atoms with Crippen LogP contribution in [0.25, 0.3) is 16.6 Å². The zero-order chi connectivity index (χ0) is 23.2. The lowest BCUT2D eigenvalue weighted by Crippen LogP contribution is -2.15. The van der Waals surface area contributed by atoms with E-state index in [1.54, 1.807) is 6.20 Å². The van der Waals surface area contributed by atoms with Gasteiger partial charge in [0.2, 0.25) is 0 Å². The lowest BCUT2D eigenvalue weighted by atomic mass is 9.90. The fourth-order valence-electron chi connectivity index (χ4n) is 4.87. The quantitative estimate of drug-likeness (QED) is 0.347. The third kappa shape index (κ3) is 5.82. The third-order valence-corrected chi connectivity index (χ3v) is 6.98. The van der Waals surface area contributed by atoms with Crippen LogP contribution in [0.4, 0.5) is 0 Å². The smallest absolute Gasteiger partial charge is 0.303 e. The molecule has 1 aliphatic carbocycles. The number of aromatic nitrogens is 3. The van der Waals surface area contributed by atoms with E-state index < -0.39 is 5.97 Å². The highest BCUT2D eigenvalue weighted by Crippen LogP contribution is 2.34. The van der Waals surface area contributed by atoms with Crippen molar-refractivity contribution in [3.05, 3.63) is 52.0 Å². The van der Waals surface area contributed by atoms with Gasteiger partial charge in [-0.15, -0.1) is 0 Å². The number of aryl methyl sites for hydroxylation is 1. The van der Waals surface area contributed by atoms with Crippen molar-refractivity contribution in [2.75, 3.05) is 6.61 Å². The largest absolute Gasteiger partial charge is 0.481 e. The molecule has 1 fully saturated rings. The van der Waals surface area contributed by atoms with E-state index in [0.717, 1.165) is 51.1 Å². The molecule has 33 heavy (non-hydrogen) atoms.